The Morgan fingerprint density at radius 2 is 1.05 bits per heavy atom. The van der Waals surface area contributed by atoms with E-state index in [1.165, 1.54) is 48.5 Å². The predicted octanol–water partition coefficient (Wildman–Crippen LogP) is 4.70. The third kappa shape index (κ3) is 3.41. The van der Waals surface area contributed by atoms with Crippen LogP contribution in [0.15, 0.2) is 53.0 Å². The first-order valence-electron chi connectivity index (χ1n) is 5.95. The van der Waals surface area contributed by atoms with Crippen LogP contribution in [0.25, 0.3) is 5.57 Å². The van der Waals surface area contributed by atoms with Crippen LogP contribution in [0.3, 0.4) is 0 Å². The summed E-state index contributed by atoms with van der Waals surface area (Å²) in [5.41, 5.74) is 1.46. The fourth-order valence-corrected chi connectivity index (χ4v) is 2.32. The molecule has 8 heteroatoms. The molecule has 2 aromatic rings. The molecule has 0 aliphatic heterocycles. The largest absolute Gasteiger partial charge is 0.269 e. The molecule has 0 spiro atoms. The van der Waals surface area contributed by atoms with Crippen LogP contribution in [0.5, 0.6) is 0 Å². The van der Waals surface area contributed by atoms with Gasteiger partial charge in [-0.15, -0.1) is 0 Å². The summed E-state index contributed by atoms with van der Waals surface area (Å²) in [6, 6.07) is 11.4. The molecule has 0 aromatic heterocycles. The van der Waals surface area contributed by atoms with Gasteiger partial charge < -0.3 is 0 Å². The molecule has 0 N–H and O–H groups in total. The normalized spacial score (nSPS) is 10.1. The van der Waals surface area contributed by atoms with Crippen LogP contribution < -0.4 is 0 Å². The molecule has 0 saturated carbocycles. The summed E-state index contributed by atoms with van der Waals surface area (Å²) in [5.74, 6) is 0. The van der Waals surface area contributed by atoms with Gasteiger partial charge in [0.2, 0.25) is 0 Å². The highest BCUT2D eigenvalue weighted by molar-refractivity contribution is 6.59. The minimum Gasteiger partial charge on any atom is -0.258 e. The second-order valence-electron chi connectivity index (χ2n) is 4.24. The standard InChI is InChI=1S/C14H8Cl2N2O4/c15-14(16)13(9-1-5-11(6-2-9)17(19)20)10-3-7-12(8-4-10)18(21)22/h1-8H. The lowest BCUT2D eigenvalue weighted by Gasteiger charge is -2.08. The average Bonchev–Trinajstić information content (AvgIpc) is 2.48. The highest BCUT2D eigenvalue weighted by Gasteiger charge is 2.13. The van der Waals surface area contributed by atoms with E-state index < -0.39 is 9.85 Å². The van der Waals surface area contributed by atoms with Gasteiger partial charge >= 0.3 is 0 Å². The van der Waals surface area contributed by atoms with Crippen LogP contribution >= 0.6 is 23.2 Å². The third-order valence-electron chi connectivity index (χ3n) is 2.92. The van der Waals surface area contributed by atoms with E-state index in [2.05, 4.69) is 0 Å². The first-order chi connectivity index (χ1) is 10.4. The van der Waals surface area contributed by atoms with Gasteiger partial charge in [0.05, 0.1) is 9.85 Å². The van der Waals surface area contributed by atoms with Crippen LogP contribution in [0.4, 0.5) is 11.4 Å². The Balaban J connectivity index is 2.45. The summed E-state index contributed by atoms with van der Waals surface area (Å²) in [7, 11) is 0. The number of benzene rings is 2. The molecule has 0 saturated heterocycles. The van der Waals surface area contributed by atoms with Crippen molar-refractivity contribution in [2.75, 3.05) is 0 Å². The molecule has 0 radical (unpaired) electrons. The van der Waals surface area contributed by atoms with Crippen LogP contribution in [-0.4, -0.2) is 9.85 Å². The number of hydrogen-bond donors (Lipinski definition) is 0. The van der Waals surface area contributed by atoms with E-state index in [-0.39, 0.29) is 15.9 Å². The van der Waals surface area contributed by atoms with Crippen molar-refractivity contribution in [2.45, 2.75) is 0 Å². The van der Waals surface area contributed by atoms with E-state index in [0.717, 1.165) is 0 Å². The molecule has 0 fully saturated rings. The van der Waals surface area contributed by atoms with Crippen molar-refractivity contribution in [1.82, 2.24) is 0 Å². The van der Waals surface area contributed by atoms with E-state index in [4.69, 9.17) is 23.2 Å². The van der Waals surface area contributed by atoms with Crippen molar-refractivity contribution >= 4 is 40.1 Å². The van der Waals surface area contributed by atoms with Crippen LogP contribution in [-0.2, 0) is 0 Å². The molecule has 112 valence electrons. The van der Waals surface area contributed by atoms with Crippen molar-refractivity contribution in [3.8, 4) is 0 Å². The van der Waals surface area contributed by atoms with E-state index in [9.17, 15) is 20.2 Å². The second kappa shape index (κ2) is 6.55. The first-order valence-corrected chi connectivity index (χ1v) is 6.70. The summed E-state index contributed by atoms with van der Waals surface area (Å²) in [6.45, 7) is 0. The molecule has 2 aromatic carbocycles. The van der Waals surface area contributed by atoms with Gasteiger partial charge in [0.25, 0.3) is 11.4 Å². The van der Waals surface area contributed by atoms with Gasteiger partial charge in [-0.25, -0.2) is 0 Å². The van der Waals surface area contributed by atoms with Gasteiger partial charge in [-0.1, -0.05) is 23.2 Å². The van der Waals surface area contributed by atoms with Crippen molar-refractivity contribution < 1.29 is 9.85 Å². The number of nitro benzene ring substituents is 2. The topological polar surface area (TPSA) is 86.3 Å². The maximum absolute atomic E-state index is 10.7. The van der Waals surface area contributed by atoms with Gasteiger partial charge in [0, 0.05) is 29.8 Å². The highest BCUT2D eigenvalue weighted by Crippen LogP contribution is 2.32. The number of halogens is 2. The Bertz CT molecular complexity index is 692. The van der Waals surface area contributed by atoms with Gasteiger partial charge in [-0.3, -0.25) is 20.2 Å². The smallest absolute Gasteiger partial charge is 0.258 e. The monoisotopic (exact) mass is 338 g/mol. The lowest BCUT2D eigenvalue weighted by molar-refractivity contribution is -0.385. The number of nitrogens with zero attached hydrogens (tertiary/aromatic N) is 2. The fourth-order valence-electron chi connectivity index (χ4n) is 1.88. The molecule has 0 amide bonds. The summed E-state index contributed by atoms with van der Waals surface area (Å²) in [6.07, 6.45) is 0. The number of non-ortho nitro benzene ring substituents is 2. The zero-order valence-corrected chi connectivity index (χ0v) is 12.4. The summed E-state index contributed by atoms with van der Waals surface area (Å²) < 4.78 is -0.0392. The Kier molecular flexibility index (Phi) is 4.75. The van der Waals surface area contributed by atoms with Gasteiger partial charge in [0.15, 0.2) is 0 Å². The lowest BCUT2D eigenvalue weighted by Crippen LogP contribution is -1.93. The van der Waals surface area contributed by atoms with Crippen LogP contribution in [0.1, 0.15) is 11.1 Å². The molecule has 2 rings (SSSR count). The van der Waals surface area contributed by atoms with Gasteiger partial charge in [0.1, 0.15) is 4.49 Å². The molecular weight excluding hydrogens is 331 g/mol. The maximum atomic E-state index is 10.7. The maximum Gasteiger partial charge on any atom is 0.269 e. The third-order valence-corrected chi connectivity index (χ3v) is 3.30. The number of nitro groups is 2. The Morgan fingerprint density at radius 3 is 1.27 bits per heavy atom. The molecule has 6 nitrogen and oxygen atoms in total. The quantitative estimate of drug-likeness (QED) is 0.597. The Hall–Kier alpha value is -2.44. The van der Waals surface area contributed by atoms with E-state index in [1.54, 1.807) is 0 Å². The van der Waals surface area contributed by atoms with Crippen molar-refractivity contribution in [1.29, 1.82) is 0 Å². The van der Waals surface area contributed by atoms with Gasteiger partial charge in [-0.2, -0.15) is 0 Å². The molecule has 0 aliphatic carbocycles. The molecule has 0 bridgehead atoms. The number of hydrogen-bond acceptors (Lipinski definition) is 4. The minimum absolute atomic E-state index is 0.0392. The Labute approximate surface area is 134 Å². The average molecular weight is 339 g/mol. The van der Waals surface area contributed by atoms with Crippen LogP contribution in [0.2, 0.25) is 0 Å². The fraction of sp³-hybridized carbons (Fsp3) is 0. The van der Waals surface area contributed by atoms with Crippen molar-refractivity contribution in [3.05, 3.63) is 84.4 Å². The highest BCUT2D eigenvalue weighted by atomic mass is 35.5. The van der Waals surface area contributed by atoms with Crippen molar-refractivity contribution in [3.63, 3.8) is 0 Å². The summed E-state index contributed by atoms with van der Waals surface area (Å²) in [5, 5.41) is 21.3. The second-order valence-corrected chi connectivity index (χ2v) is 5.19. The molecule has 22 heavy (non-hydrogen) atoms. The zero-order chi connectivity index (χ0) is 16.3. The van der Waals surface area contributed by atoms with Crippen LogP contribution in [0, 0.1) is 20.2 Å². The molecular formula is C14H8Cl2N2O4. The zero-order valence-electron chi connectivity index (χ0n) is 10.9. The molecule has 0 heterocycles. The molecule has 0 atom stereocenters. The predicted molar refractivity (Wildman–Crippen MR) is 83.9 cm³/mol. The SMILES string of the molecule is O=[N+]([O-])c1ccc(C(=C(Cl)Cl)c2ccc([N+](=O)[O-])cc2)cc1. The van der Waals surface area contributed by atoms with Gasteiger partial charge in [-0.05, 0) is 35.4 Å². The van der Waals surface area contributed by atoms with E-state index >= 15 is 0 Å². The minimum atomic E-state index is -0.513. The lowest BCUT2D eigenvalue weighted by atomic mass is 9.99. The molecule has 0 unspecified atom stereocenters. The Morgan fingerprint density at radius 1 is 0.727 bits per heavy atom. The number of rotatable bonds is 4. The van der Waals surface area contributed by atoms with E-state index in [1.807, 2.05) is 0 Å². The van der Waals surface area contributed by atoms with Crippen molar-refractivity contribution in [2.24, 2.45) is 0 Å². The molecule has 0 aliphatic rings. The summed E-state index contributed by atoms with van der Waals surface area (Å²) >= 11 is 11.8. The van der Waals surface area contributed by atoms with E-state index in [0.29, 0.717) is 16.7 Å². The summed E-state index contributed by atoms with van der Waals surface area (Å²) in [4.78, 5) is 20.3. The first kappa shape index (κ1) is 15.9.